The van der Waals surface area contributed by atoms with Crippen LogP contribution in [0.3, 0.4) is 0 Å². The van der Waals surface area contributed by atoms with Crippen molar-refractivity contribution in [2.45, 2.75) is 38.3 Å². The summed E-state index contributed by atoms with van der Waals surface area (Å²) >= 11 is 0. The van der Waals surface area contributed by atoms with Gasteiger partial charge in [-0.05, 0) is 49.3 Å². The molecule has 2 N–H and O–H groups in total. The van der Waals surface area contributed by atoms with Crippen LogP contribution >= 0.6 is 0 Å². The average molecular weight is 349 g/mol. The third kappa shape index (κ3) is 3.35. The topological polar surface area (TPSA) is 66.6 Å². The number of amides is 1. The van der Waals surface area contributed by atoms with Crippen LogP contribution < -0.4 is 5.32 Å². The number of carbonyl (C=O) groups is 1. The molecule has 26 heavy (non-hydrogen) atoms. The van der Waals surface area contributed by atoms with Crippen molar-refractivity contribution in [3.8, 4) is 0 Å². The first-order chi connectivity index (χ1) is 12.6. The zero-order chi connectivity index (χ0) is 18.1. The van der Waals surface area contributed by atoms with E-state index in [9.17, 15) is 9.90 Å². The van der Waals surface area contributed by atoms with Crippen LogP contribution in [0.1, 0.15) is 34.5 Å². The molecule has 1 saturated carbocycles. The van der Waals surface area contributed by atoms with E-state index in [4.69, 9.17) is 0 Å². The van der Waals surface area contributed by atoms with Crippen molar-refractivity contribution in [2.75, 3.05) is 0 Å². The molecule has 4 rings (SSSR count). The van der Waals surface area contributed by atoms with E-state index in [2.05, 4.69) is 22.4 Å². The second-order valence-corrected chi connectivity index (χ2v) is 7.20. The molecule has 2 aromatic heterocycles. The molecule has 1 aromatic carbocycles. The minimum Gasteiger partial charge on any atom is -0.393 e. The van der Waals surface area contributed by atoms with Crippen LogP contribution in [-0.2, 0) is 6.42 Å². The molecule has 0 aliphatic heterocycles. The Morgan fingerprint density at radius 2 is 2.04 bits per heavy atom. The first-order valence-corrected chi connectivity index (χ1v) is 9.07. The lowest BCUT2D eigenvalue weighted by molar-refractivity contribution is 0.0239. The number of pyridine rings is 1. The maximum Gasteiger partial charge on any atom is 0.271 e. The predicted octanol–water partition coefficient (Wildman–Crippen LogP) is 2.75. The van der Waals surface area contributed by atoms with Gasteiger partial charge in [-0.15, -0.1) is 0 Å². The summed E-state index contributed by atoms with van der Waals surface area (Å²) in [7, 11) is 0. The SMILES string of the molecule is Cc1cccn2cc(C(=O)N[C@@H](Cc3ccccc3)C3CC(O)C3)nc12. The van der Waals surface area contributed by atoms with Gasteiger partial charge in [-0.25, -0.2) is 4.98 Å². The molecule has 5 heteroatoms. The highest BCUT2D eigenvalue weighted by atomic mass is 16.3. The molecule has 2 heterocycles. The summed E-state index contributed by atoms with van der Waals surface area (Å²) in [5, 5.41) is 12.8. The number of aromatic nitrogens is 2. The van der Waals surface area contributed by atoms with E-state index < -0.39 is 0 Å². The van der Waals surface area contributed by atoms with Crippen LogP contribution in [0.5, 0.6) is 0 Å². The summed E-state index contributed by atoms with van der Waals surface area (Å²) in [5.74, 6) is 0.142. The molecule has 0 unspecified atom stereocenters. The lowest BCUT2D eigenvalue weighted by Crippen LogP contribution is -2.48. The Balaban J connectivity index is 1.54. The lowest BCUT2D eigenvalue weighted by atomic mass is 9.75. The Morgan fingerprint density at radius 3 is 2.73 bits per heavy atom. The quantitative estimate of drug-likeness (QED) is 0.744. The second kappa shape index (κ2) is 6.92. The molecule has 0 saturated heterocycles. The van der Waals surface area contributed by atoms with Crippen LogP contribution in [0.15, 0.2) is 54.9 Å². The normalized spacial score (nSPS) is 20.5. The Morgan fingerprint density at radius 1 is 1.27 bits per heavy atom. The summed E-state index contributed by atoms with van der Waals surface area (Å²) in [6.45, 7) is 1.98. The first kappa shape index (κ1) is 16.8. The lowest BCUT2D eigenvalue weighted by Gasteiger charge is -2.38. The Kier molecular flexibility index (Phi) is 4.47. The third-order valence-corrected chi connectivity index (χ3v) is 5.24. The number of carbonyl (C=O) groups excluding carboxylic acids is 1. The van der Waals surface area contributed by atoms with Gasteiger partial charge in [0.05, 0.1) is 6.10 Å². The summed E-state index contributed by atoms with van der Waals surface area (Å²) in [6, 6.07) is 14.1. The number of aliphatic hydroxyl groups is 1. The molecule has 134 valence electrons. The van der Waals surface area contributed by atoms with Gasteiger partial charge in [-0.1, -0.05) is 36.4 Å². The fourth-order valence-electron chi connectivity index (χ4n) is 3.67. The van der Waals surface area contributed by atoms with E-state index >= 15 is 0 Å². The Labute approximate surface area is 152 Å². The van der Waals surface area contributed by atoms with Crippen molar-refractivity contribution in [1.82, 2.24) is 14.7 Å². The maximum absolute atomic E-state index is 12.8. The Hall–Kier alpha value is -2.66. The van der Waals surface area contributed by atoms with Crippen molar-refractivity contribution < 1.29 is 9.90 Å². The van der Waals surface area contributed by atoms with E-state index in [-0.39, 0.29) is 18.1 Å². The van der Waals surface area contributed by atoms with Gasteiger partial charge in [-0.2, -0.15) is 0 Å². The van der Waals surface area contributed by atoms with Crippen molar-refractivity contribution in [3.63, 3.8) is 0 Å². The van der Waals surface area contributed by atoms with Crippen LogP contribution in [-0.4, -0.2) is 32.5 Å². The minimum absolute atomic E-state index is 0.000732. The number of aliphatic hydroxyl groups excluding tert-OH is 1. The largest absolute Gasteiger partial charge is 0.393 e. The van der Waals surface area contributed by atoms with Gasteiger partial charge >= 0.3 is 0 Å². The number of nitrogens with one attached hydrogen (secondary N) is 1. The highest BCUT2D eigenvalue weighted by molar-refractivity contribution is 5.93. The zero-order valence-corrected chi connectivity index (χ0v) is 14.8. The number of nitrogens with zero attached hydrogens (tertiary/aromatic N) is 2. The van der Waals surface area contributed by atoms with Crippen LogP contribution in [0, 0.1) is 12.8 Å². The molecular weight excluding hydrogens is 326 g/mol. The number of fused-ring (bicyclic) bond motifs is 1. The van der Waals surface area contributed by atoms with Gasteiger partial charge in [0.25, 0.3) is 5.91 Å². The van der Waals surface area contributed by atoms with Gasteiger partial charge in [0, 0.05) is 18.4 Å². The molecule has 5 nitrogen and oxygen atoms in total. The standard InChI is InChI=1S/C21H23N3O2/c1-14-6-5-9-24-13-19(22-20(14)24)21(26)23-18(16-11-17(25)12-16)10-15-7-3-2-4-8-15/h2-9,13,16-18,25H,10-12H2,1H3,(H,23,26)/t16?,17?,18-/m0/s1. The van der Waals surface area contributed by atoms with E-state index in [1.165, 1.54) is 5.56 Å². The fraction of sp³-hybridized carbons (Fsp3) is 0.333. The van der Waals surface area contributed by atoms with Crippen molar-refractivity contribution in [1.29, 1.82) is 0 Å². The number of rotatable bonds is 5. The van der Waals surface area contributed by atoms with Gasteiger partial charge in [0.1, 0.15) is 11.3 Å². The molecule has 1 atom stereocenters. The molecule has 0 bridgehead atoms. The van der Waals surface area contributed by atoms with Crippen molar-refractivity contribution in [3.05, 3.63) is 71.7 Å². The first-order valence-electron chi connectivity index (χ1n) is 9.07. The van der Waals surface area contributed by atoms with Crippen LogP contribution in [0.4, 0.5) is 0 Å². The molecule has 3 aromatic rings. The summed E-state index contributed by atoms with van der Waals surface area (Å²) < 4.78 is 1.88. The number of hydrogen-bond donors (Lipinski definition) is 2. The number of imidazole rings is 1. The van der Waals surface area contributed by atoms with Gasteiger partial charge in [0.2, 0.25) is 0 Å². The van der Waals surface area contributed by atoms with Crippen molar-refractivity contribution >= 4 is 11.6 Å². The molecule has 1 amide bonds. The second-order valence-electron chi connectivity index (χ2n) is 7.20. The number of hydrogen-bond acceptors (Lipinski definition) is 3. The molecule has 1 aliphatic carbocycles. The highest BCUT2D eigenvalue weighted by Crippen LogP contribution is 2.32. The zero-order valence-electron chi connectivity index (χ0n) is 14.8. The fourth-order valence-corrected chi connectivity index (χ4v) is 3.67. The van der Waals surface area contributed by atoms with E-state index in [0.717, 1.165) is 30.5 Å². The van der Waals surface area contributed by atoms with Gasteiger partial charge in [0.15, 0.2) is 0 Å². The van der Waals surface area contributed by atoms with E-state index in [1.54, 1.807) is 6.20 Å². The predicted molar refractivity (Wildman–Crippen MR) is 100 cm³/mol. The third-order valence-electron chi connectivity index (χ3n) is 5.24. The highest BCUT2D eigenvalue weighted by Gasteiger charge is 2.35. The molecule has 0 radical (unpaired) electrons. The monoisotopic (exact) mass is 349 g/mol. The summed E-state index contributed by atoms with van der Waals surface area (Å²) in [4.78, 5) is 17.3. The number of aryl methyl sites for hydroxylation is 1. The van der Waals surface area contributed by atoms with E-state index in [0.29, 0.717) is 11.6 Å². The van der Waals surface area contributed by atoms with Gasteiger partial charge in [-0.3, -0.25) is 4.79 Å². The Bertz CT molecular complexity index is 913. The van der Waals surface area contributed by atoms with Crippen LogP contribution in [0.25, 0.3) is 5.65 Å². The van der Waals surface area contributed by atoms with Gasteiger partial charge < -0.3 is 14.8 Å². The molecule has 0 spiro atoms. The van der Waals surface area contributed by atoms with E-state index in [1.807, 2.05) is 47.9 Å². The summed E-state index contributed by atoms with van der Waals surface area (Å²) in [6.07, 6.45) is 5.66. The molecule has 1 aliphatic rings. The molecule has 1 fully saturated rings. The van der Waals surface area contributed by atoms with Crippen LogP contribution in [0.2, 0.25) is 0 Å². The maximum atomic E-state index is 12.8. The average Bonchev–Trinajstić information content (AvgIpc) is 3.05. The number of benzene rings is 1. The smallest absolute Gasteiger partial charge is 0.271 e. The summed E-state index contributed by atoms with van der Waals surface area (Å²) in [5.41, 5.74) is 3.45. The van der Waals surface area contributed by atoms with Crippen molar-refractivity contribution in [2.24, 2.45) is 5.92 Å². The molecular formula is C21H23N3O2. The minimum atomic E-state index is -0.243.